The van der Waals surface area contributed by atoms with Gasteiger partial charge in [0.1, 0.15) is 0 Å². The van der Waals surface area contributed by atoms with Gasteiger partial charge in [-0.1, -0.05) is 17.7 Å². The molecule has 1 rings (SSSR count). The molecular formula is C14H19F2N. The normalized spacial score (nSPS) is 12.9. The van der Waals surface area contributed by atoms with Crippen LogP contribution in [0.4, 0.5) is 8.78 Å². The summed E-state index contributed by atoms with van der Waals surface area (Å²) in [5.74, 6) is -1.62. The molecule has 0 saturated heterocycles. The van der Waals surface area contributed by atoms with Crippen LogP contribution in [0.3, 0.4) is 0 Å². The number of benzene rings is 1. The maximum absolute atomic E-state index is 13.0. The Morgan fingerprint density at radius 2 is 1.88 bits per heavy atom. The van der Waals surface area contributed by atoms with Crippen LogP contribution in [0.25, 0.3) is 6.08 Å². The van der Waals surface area contributed by atoms with Crippen molar-refractivity contribution >= 4 is 6.08 Å². The van der Waals surface area contributed by atoms with E-state index in [4.69, 9.17) is 0 Å². The zero-order valence-corrected chi connectivity index (χ0v) is 10.8. The average molecular weight is 239 g/mol. The molecule has 1 N–H and O–H groups in total. The Balaban J connectivity index is 2.71. The predicted molar refractivity (Wildman–Crippen MR) is 67.8 cm³/mol. The Kier molecular flexibility index (Phi) is 4.40. The lowest BCUT2D eigenvalue weighted by atomic mass is 10.1. The minimum Gasteiger partial charge on any atom is -0.308 e. The predicted octanol–water partition coefficient (Wildman–Crippen LogP) is 3.76. The minimum atomic E-state index is -0.812. The third-order valence-corrected chi connectivity index (χ3v) is 2.25. The molecule has 0 atom stereocenters. The van der Waals surface area contributed by atoms with Crippen LogP contribution in [-0.4, -0.2) is 12.1 Å². The highest BCUT2D eigenvalue weighted by atomic mass is 19.2. The van der Waals surface area contributed by atoms with Gasteiger partial charge in [0.25, 0.3) is 0 Å². The second-order valence-electron chi connectivity index (χ2n) is 5.27. The first-order chi connectivity index (χ1) is 7.78. The van der Waals surface area contributed by atoms with Crippen molar-refractivity contribution < 1.29 is 8.78 Å². The zero-order valence-electron chi connectivity index (χ0n) is 10.8. The number of halogens is 2. The first-order valence-corrected chi connectivity index (χ1v) is 5.65. The van der Waals surface area contributed by atoms with Gasteiger partial charge in [0, 0.05) is 12.1 Å². The van der Waals surface area contributed by atoms with Crippen molar-refractivity contribution in [2.45, 2.75) is 33.2 Å². The van der Waals surface area contributed by atoms with Crippen molar-refractivity contribution in [2.24, 2.45) is 0 Å². The summed E-state index contributed by atoms with van der Waals surface area (Å²) in [5, 5.41) is 3.33. The van der Waals surface area contributed by atoms with Crippen LogP contribution >= 0.6 is 0 Å². The van der Waals surface area contributed by atoms with E-state index in [0.717, 1.165) is 18.2 Å². The lowest BCUT2D eigenvalue weighted by Gasteiger charge is -2.20. The van der Waals surface area contributed by atoms with E-state index >= 15 is 0 Å². The standard InChI is InChI=1S/C14H19F2N/c1-10(9-17-14(2,3)4)7-11-5-6-12(15)13(16)8-11/h5-8,17H,9H2,1-4H3. The summed E-state index contributed by atoms with van der Waals surface area (Å²) < 4.78 is 25.7. The largest absolute Gasteiger partial charge is 0.308 e. The quantitative estimate of drug-likeness (QED) is 0.847. The van der Waals surface area contributed by atoms with E-state index < -0.39 is 11.6 Å². The van der Waals surface area contributed by atoms with Gasteiger partial charge in [-0.25, -0.2) is 8.78 Å². The summed E-state index contributed by atoms with van der Waals surface area (Å²) in [4.78, 5) is 0. The smallest absolute Gasteiger partial charge is 0.159 e. The fraction of sp³-hybridized carbons (Fsp3) is 0.429. The zero-order chi connectivity index (χ0) is 13.1. The van der Waals surface area contributed by atoms with Gasteiger partial charge in [0.2, 0.25) is 0 Å². The molecule has 0 radical (unpaired) electrons. The van der Waals surface area contributed by atoms with Crippen molar-refractivity contribution in [3.8, 4) is 0 Å². The first kappa shape index (κ1) is 13.8. The van der Waals surface area contributed by atoms with Crippen molar-refractivity contribution in [2.75, 3.05) is 6.54 Å². The fourth-order valence-corrected chi connectivity index (χ4v) is 1.34. The third kappa shape index (κ3) is 5.09. The van der Waals surface area contributed by atoms with Gasteiger partial charge in [-0.2, -0.15) is 0 Å². The molecule has 1 nitrogen and oxygen atoms in total. The van der Waals surface area contributed by atoms with E-state index in [-0.39, 0.29) is 5.54 Å². The van der Waals surface area contributed by atoms with Crippen LogP contribution < -0.4 is 5.32 Å². The topological polar surface area (TPSA) is 12.0 Å². The lowest BCUT2D eigenvalue weighted by Crippen LogP contribution is -2.36. The Morgan fingerprint density at radius 1 is 1.24 bits per heavy atom. The van der Waals surface area contributed by atoms with Crippen LogP contribution in [0.1, 0.15) is 33.3 Å². The third-order valence-electron chi connectivity index (χ3n) is 2.25. The van der Waals surface area contributed by atoms with E-state index in [0.29, 0.717) is 5.56 Å². The summed E-state index contributed by atoms with van der Waals surface area (Å²) in [6.07, 6.45) is 1.85. The Labute approximate surface area is 102 Å². The molecule has 0 aliphatic heterocycles. The molecule has 0 aliphatic rings. The second-order valence-corrected chi connectivity index (χ2v) is 5.27. The molecule has 0 amide bonds. The van der Waals surface area contributed by atoms with Crippen molar-refractivity contribution in [3.63, 3.8) is 0 Å². The Bertz CT molecular complexity index is 417. The summed E-state index contributed by atoms with van der Waals surface area (Å²) >= 11 is 0. The number of hydrogen-bond donors (Lipinski definition) is 1. The summed E-state index contributed by atoms with van der Waals surface area (Å²) in [7, 11) is 0. The van der Waals surface area contributed by atoms with Gasteiger partial charge >= 0.3 is 0 Å². The van der Waals surface area contributed by atoms with Crippen LogP contribution in [0.5, 0.6) is 0 Å². The minimum absolute atomic E-state index is 0.0448. The van der Waals surface area contributed by atoms with Gasteiger partial charge in [-0.3, -0.25) is 0 Å². The molecule has 0 aromatic heterocycles. The summed E-state index contributed by atoms with van der Waals surface area (Å²) in [5.41, 5.74) is 1.80. The van der Waals surface area contributed by atoms with Crippen LogP contribution in [0, 0.1) is 11.6 Å². The highest BCUT2D eigenvalue weighted by Crippen LogP contribution is 2.12. The van der Waals surface area contributed by atoms with E-state index in [1.165, 1.54) is 6.07 Å². The Morgan fingerprint density at radius 3 is 2.41 bits per heavy atom. The SMILES string of the molecule is CC(=Cc1ccc(F)c(F)c1)CNC(C)(C)C. The van der Waals surface area contributed by atoms with Gasteiger partial charge in [-0.15, -0.1) is 0 Å². The van der Waals surface area contributed by atoms with Crippen molar-refractivity contribution in [1.29, 1.82) is 0 Å². The van der Waals surface area contributed by atoms with Gasteiger partial charge in [0.05, 0.1) is 0 Å². The summed E-state index contributed by atoms with van der Waals surface area (Å²) in [6.45, 7) is 8.93. The Hall–Kier alpha value is -1.22. The van der Waals surface area contributed by atoms with Gasteiger partial charge < -0.3 is 5.32 Å². The second kappa shape index (κ2) is 5.41. The van der Waals surface area contributed by atoms with E-state index in [2.05, 4.69) is 26.1 Å². The highest BCUT2D eigenvalue weighted by Gasteiger charge is 2.08. The molecule has 0 aliphatic carbocycles. The highest BCUT2D eigenvalue weighted by molar-refractivity contribution is 5.52. The molecule has 94 valence electrons. The molecular weight excluding hydrogens is 220 g/mol. The molecule has 0 bridgehead atoms. The molecule has 0 spiro atoms. The van der Waals surface area contributed by atoms with Crippen LogP contribution in [-0.2, 0) is 0 Å². The molecule has 17 heavy (non-hydrogen) atoms. The molecule has 1 aromatic carbocycles. The number of rotatable bonds is 3. The molecule has 0 fully saturated rings. The first-order valence-electron chi connectivity index (χ1n) is 5.65. The van der Waals surface area contributed by atoms with Gasteiger partial charge in [0.15, 0.2) is 11.6 Å². The lowest BCUT2D eigenvalue weighted by molar-refractivity contribution is 0.445. The molecule has 0 unspecified atom stereocenters. The molecule has 3 heteroatoms. The fourth-order valence-electron chi connectivity index (χ4n) is 1.34. The number of hydrogen-bond acceptors (Lipinski definition) is 1. The monoisotopic (exact) mass is 239 g/mol. The average Bonchev–Trinajstić information content (AvgIpc) is 2.20. The van der Waals surface area contributed by atoms with E-state index in [1.54, 1.807) is 6.07 Å². The van der Waals surface area contributed by atoms with Crippen molar-refractivity contribution in [1.82, 2.24) is 5.32 Å². The molecule has 0 saturated carbocycles. The maximum Gasteiger partial charge on any atom is 0.159 e. The van der Waals surface area contributed by atoms with Crippen LogP contribution in [0.2, 0.25) is 0 Å². The number of nitrogens with one attached hydrogen (secondary N) is 1. The van der Waals surface area contributed by atoms with Crippen molar-refractivity contribution in [3.05, 3.63) is 41.0 Å². The molecule has 1 aromatic rings. The maximum atomic E-state index is 13.0. The molecule has 0 heterocycles. The summed E-state index contributed by atoms with van der Waals surface area (Å²) in [6, 6.07) is 3.92. The van der Waals surface area contributed by atoms with E-state index in [1.807, 2.05) is 13.0 Å². The van der Waals surface area contributed by atoms with Crippen LogP contribution in [0.15, 0.2) is 23.8 Å². The van der Waals surface area contributed by atoms with E-state index in [9.17, 15) is 8.78 Å². The van der Waals surface area contributed by atoms with Gasteiger partial charge in [-0.05, 0) is 45.4 Å².